The predicted octanol–water partition coefficient (Wildman–Crippen LogP) is 0.996. The summed E-state index contributed by atoms with van der Waals surface area (Å²) in [4.78, 5) is 0. The fourth-order valence-electron chi connectivity index (χ4n) is 3.47. The molecule has 0 bridgehead atoms. The highest BCUT2D eigenvalue weighted by molar-refractivity contribution is 5.41. The molecule has 4 heteroatoms. The van der Waals surface area contributed by atoms with Crippen molar-refractivity contribution in [2.24, 2.45) is 7.05 Å². The van der Waals surface area contributed by atoms with Crippen LogP contribution in [0.25, 0.3) is 0 Å². The molecule has 2 heterocycles. The van der Waals surface area contributed by atoms with Crippen LogP contribution in [0.3, 0.4) is 0 Å². The van der Waals surface area contributed by atoms with Crippen LogP contribution in [-0.4, -0.2) is 30.0 Å². The zero-order valence-electron chi connectivity index (χ0n) is 10.0. The van der Waals surface area contributed by atoms with E-state index in [0.29, 0.717) is 5.41 Å². The molecule has 88 valence electrons. The van der Waals surface area contributed by atoms with Gasteiger partial charge >= 0.3 is 0 Å². The standard InChI is InChI=1S/C12H19N3O/c1-15-10-9(11(14-15)16-2)3-4-12(10)5-7-13-8-6-12/h13H,3-8H2,1-2H3. The van der Waals surface area contributed by atoms with E-state index in [2.05, 4.69) is 17.5 Å². The fraction of sp³-hybridized carbons (Fsp3) is 0.750. The number of piperidine rings is 1. The highest BCUT2D eigenvalue weighted by Gasteiger charge is 2.44. The van der Waals surface area contributed by atoms with E-state index in [0.717, 1.165) is 25.4 Å². The third-order valence-electron chi connectivity index (χ3n) is 4.22. The Morgan fingerprint density at radius 2 is 2.06 bits per heavy atom. The highest BCUT2D eigenvalue weighted by Crippen LogP contribution is 2.47. The van der Waals surface area contributed by atoms with Crippen molar-refractivity contribution in [3.63, 3.8) is 0 Å². The Kier molecular flexibility index (Phi) is 2.21. The molecule has 1 fully saturated rings. The second kappa shape index (κ2) is 3.48. The molecule has 1 aromatic rings. The molecule has 4 nitrogen and oxygen atoms in total. The van der Waals surface area contributed by atoms with Crippen molar-refractivity contribution < 1.29 is 4.74 Å². The fourth-order valence-corrected chi connectivity index (χ4v) is 3.47. The number of fused-ring (bicyclic) bond motifs is 2. The largest absolute Gasteiger partial charge is 0.480 e. The number of hydrogen-bond acceptors (Lipinski definition) is 3. The highest BCUT2D eigenvalue weighted by atomic mass is 16.5. The monoisotopic (exact) mass is 221 g/mol. The predicted molar refractivity (Wildman–Crippen MR) is 61.9 cm³/mol. The summed E-state index contributed by atoms with van der Waals surface area (Å²) in [6.07, 6.45) is 4.88. The van der Waals surface area contributed by atoms with Gasteiger partial charge in [0.05, 0.1) is 12.8 Å². The maximum atomic E-state index is 5.36. The number of aromatic nitrogens is 2. The Bertz CT molecular complexity index is 405. The number of rotatable bonds is 1. The first-order chi connectivity index (χ1) is 7.77. The van der Waals surface area contributed by atoms with E-state index in [1.807, 2.05) is 4.68 Å². The molecule has 1 aliphatic carbocycles. The second-order valence-electron chi connectivity index (χ2n) is 4.99. The molecule has 0 amide bonds. The Balaban J connectivity index is 2.07. The lowest BCUT2D eigenvalue weighted by molar-refractivity contribution is 0.288. The van der Waals surface area contributed by atoms with E-state index in [4.69, 9.17) is 4.74 Å². The van der Waals surface area contributed by atoms with Crippen molar-refractivity contribution in [1.29, 1.82) is 0 Å². The first-order valence-corrected chi connectivity index (χ1v) is 6.08. The van der Waals surface area contributed by atoms with Gasteiger partial charge in [0.1, 0.15) is 0 Å². The van der Waals surface area contributed by atoms with Gasteiger partial charge in [-0.3, -0.25) is 4.68 Å². The summed E-state index contributed by atoms with van der Waals surface area (Å²) in [6, 6.07) is 0. The summed E-state index contributed by atoms with van der Waals surface area (Å²) in [7, 11) is 3.77. The number of nitrogens with one attached hydrogen (secondary N) is 1. The number of nitrogens with zero attached hydrogens (tertiary/aromatic N) is 2. The van der Waals surface area contributed by atoms with Crippen LogP contribution in [-0.2, 0) is 18.9 Å². The van der Waals surface area contributed by atoms with Crippen molar-refractivity contribution in [3.8, 4) is 5.88 Å². The lowest BCUT2D eigenvalue weighted by Gasteiger charge is -2.34. The zero-order chi connectivity index (χ0) is 11.2. The van der Waals surface area contributed by atoms with Crippen molar-refractivity contribution in [2.45, 2.75) is 31.1 Å². The minimum atomic E-state index is 0.374. The van der Waals surface area contributed by atoms with Crippen LogP contribution >= 0.6 is 0 Å². The van der Waals surface area contributed by atoms with Gasteiger partial charge in [-0.15, -0.1) is 5.10 Å². The summed E-state index contributed by atoms with van der Waals surface area (Å²) in [6.45, 7) is 2.26. The zero-order valence-corrected chi connectivity index (χ0v) is 10.0. The van der Waals surface area contributed by atoms with E-state index >= 15 is 0 Å². The maximum absolute atomic E-state index is 5.36. The number of ether oxygens (including phenoxy) is 1. The summed E-state index contributed by atoms with van der Waals surface area (Å²) in [5.41, 5.74) is 3.16. The average molecular weight is 221 g/mol. The van der Waals surface area contributed by atoms with Gasteiger partial charge in [-0.1, -0.05) is 0 Å². The third kappa shape index (κ3) is 1.22. The molecular formula is C12H19N3O. The van der Waals surface area contributed by atoms with Crippen LogP contribution < -0.4 is 10.1 Å². The molecule has 0 unspecified atom stereocenters. The molecule has 0 radical (unpaired) electrons. The molecule has 0 atom stereocenters. The number of aryl methyl sites for hydroxylation is 1. The van der Waals surface area contributed by atoms with Crippen molar-refractivity contribution in [1.82, 2.24) is 15.1 Å². The molecule has 1 N–H and O–H groups in total. The van der Waals surface area contributed by atoms with Gasteiger partial charge in [0.25, 0.3) is 0 Å². The van der Waals surface area contributed by atoms with E-state index in [-0.39, 0.29) is 0 Å². The molecule has 1 saturated heterocycles. The Morgan fingerprint density at radius 1 is 1.31 bits per heavy atom. The smallest absolute Gasteiger partial charge is 0.236 e. The van der Waals surface area contributed by atoms with E-state index in [9.17, 15) is 0 Å². The molecule has 1 aliphatic heterocycles. The van der Waals surface area contributed by atoms with E-state index < -0.39 is 0 Å². The van der Waals surface area contributed by atoms with Crippen molar-refractivity contribution in [3.05, 3.63) is 11.3 Å². The molecule has 0 aromatic carbocycles. The average Bonchev–Trinajstić information content (AvgIpc) is 2.82. The van der Waals surface area contributed by atoms with E-state index in [1.165, 1.54) is 30.5 Å². The van der Waals surface area contributed by atoms with Crippen LogP contribution in [0.15, 0.2) is 0 Å². The minimum Gasteiger partial charge on any atom is -0.480 e. The summed E-state index contributed by atoms with van der Waals surface area (Å²) >= 11 is 0. The second-order valence-corrected chi connectivity index (χ2v) is 4.99. The Labute approximate surface area is 96.0 Å². The quantitative estimate of drug-likeness (QED) is 0.769. The van der Waals surface area contributed by atoms with Gasteiger partial charge in [0, 0.05) is 18.0 Å². The van der Waals surface area contributed by atoms with Gasteiger partial charge in [-0.25, -0.2) is 0 Å². The van der Waals surface area contributed by atoms with Crippen LogP contribution in [0.4, 0.5) is 0 Å². The molecular weight excluding hydrogens is 202 g/mol. The number of hydrogen-bond donors (Lipinski definition) is 1. The van der Waals surface area contributed by atoms with Gasteiger partial charge in [-0.2, -0.15) is 0 Å². The van der Waals surface area contributed by atoms with Crippen LogP contribution in [0, 0.1) is 0 Å². The van der Waals surface area contributed by atoms with Crippen LogP contribution in [0.2, 0.25) is 0 Å². The van der Waals surface area contributed by atoms with Crippen LogP contribution in [0.5, 0.6) is 5.88 Å². The number of methoxy groups -OCH3 is 1. The molecule has 1 aromatic heterocycles. The molecule has 2 aliphatic rings. The molecule has 0 saturated carbocycles. The van der Waals surface area contributed by atoms with Gasteiger partial charge in [0.2, 0.25) is 5.88 Å². The normalized spacial score (nSPS) is 22.4. The summed E-state index contributed by atoms with van der Waals surface area (Å²) in [5, 5.41) is 7.92. The minimum absolute atomic E-state index is 0.374. The van der Waals surface area contributed by atoms with E-state index in [1.54, 1.807) is 7.11 Å². The lowest BCUT2D eigenvalue weighted by Crippen LogP contribution is -2.39. The lowest BCUT2D eigenvalue weighted by atomic mass is 9.77. The maximum Gasteiger partial charge on any atom is 0.236 e. The topological polar surface area (TPSA) is 39.1 Å². The Morgan fingerprint density at radius 3 is 2.75 bits per heavy atom. The van der Waals surface area contributed by atoms with Gasteiger partial charge in [0.15, 0.2) is 0 Å². The molecule has 16 heavy (non-hydrogen) atoms. The van der Waals surface area contributed by atoms with Gasteiger partial charge in [-0.05, 0) is 38.8 Å². The first-order valence-electron chi connectivity index (χ1n) is 6.08. The SMILES string of the molecule is COc1nn(C)c2c1CCC21CCNCC1. The van der Waals surface area contributed by atoms with Gasteiger partial charge < -0.3 is 10.1 Å². The summed E-state index contributed by atoms with van der Waals surface area (Å²) in [5.74, 6) is 0.841. The molecule has 1 spiro atoms. The third-order valence-corrected chi connectivity index (χ3v) is 4.22. The van der Waals surface area contributed by atoms with Crippen molar-refractivity contribution in [2.75, 3.05) is 20.2 Å². The summed E-state index contributed by atoms with van der Waals surface area (Å²) < 4.78 is 7.41. The van der Waals surface area contributed by atoms with Crippen LogP contribution in [0.1, 0.15) is 30.5 Å². The molecule has 3 rings (SSSR count). The first kappa shape index (κ1) is 10.1. The van der Waals surface area contributed by atoms with Crippen molar-refractivity contribution >= 4 is 0 Å². The Hall–Kier alpha value is -1.03.